The summed E-state index contributed by atoms with van der Waals surface area (Å²) in [4.78, 5) is 2.14. The molecule has 0 amide bonds. The number of hydrogen-bond donors (Lipinski definition) is 1. The van der Waals surface area contributed by atoms with Gasteiger partial charge in [0.05, 0.1) is 0 Å². The molecule has 1 aliphatic rings. The molecule has 2 rings (SSSR count). The molecule has 0 saturated carbocycles. The van der Waals surface area contributed by atoms with E-state index in [0.717, 1.165) is 25.3 Å². The lowest BCUT2D eigenvalue weighted by Gasteiger charge is -2.26. The zero-order valence-electron chi connectivity index (χ0n) is 9.76. The van der Waals surface area contributed by atoms with Crippen LogP contribution in [0.3, 0.4) is 0 Å². The van der Waals surface area contributed by atoms with Crippen LogP contribution in [-0.2, 0) is 0 Å². The molecule has 0 radical (unpaired) electrons. The largest absolute Gasteiger partial charge is 0.371 e. The van der Waals surface area contributed by atoms with E-state index in [1.807, 2.05) is 19.2 Å². The molecule has 1 saturated heterocycles. The summed E-state index contributed by atoms with van der Waals surface area (Å²) in [6.07, 6.45) is 0. The Morgan fingerprint density at radius 1 is 1.31 bits per heavy atom. The molecule has 1 aromatic rings. The molecule has 0 atom stereocenters. The molecular formula is C13H17FN2. The lowest BCUT2D eigenvalue weighted by Crippen LogP contribution is -2.36. The van der Waals surface area contributed by atoms with Crippen molar-refractivity contribution in [3.8, 4) is 0 Å². The summed E-state index contributed by atoms with van der Waals surface area (Å²) in [6.45, 7) is 5.10. The van der Waals surface area contributed by atoms with E-state index in [-0.39, 0.29) is 5.82 Å². The number of anilines is 1. The highest BCUT2D eigenvalue weighted by molar-refractivity contribution is 5.47. The van der Waals surface area contributed by atoms with Crippen LogP contribution in [0.15, 0.2) is 35.4 Å². The van der Waals surface area contributed by atoms with Gasteiger partial charge >= 0.3 is 0 Å². The Morgan fingerprint density at radius 3 is 2.44 bits per heavy atom. The second-order valence-electron chi connectivity index (χ2n) is 4.32. The molecule has 1 aromatic carbocycles. The molecule has 3 heteroatoms. The summed E-state index contributed by atoms with van der Waals surface area (Å²) in [7, 11) is 2.03. The Hall–Kier alpha value is -1.35. The molecule has 1 N–H and O–H groups in total. The summed E-state index contributed by atoms with van der Waals surface area (Å²) in [5.41, 5.74) is 3.95. The number of nitrogens with one attached hydrogen (secondary N) is 1. The van der Waals surface area contributed by atoms with E-state index in [4.69, 9.17) is 0 Å². The molecule has 1 aliphatic heterocycles. The number of likely N-dealkylation sites (N-methyl/N-ethyl adjacent to an activating group) is 1. The molecule has 0 aromatic heterocycles. The zero-order chi connectivity index (χ0) is 11.5. The van der Waals surface area contributed by atoms with Gasteiger partial charge in [0.1, 0.15) is 5.82 Å². The summed E-state index contributed by atoms with van der Waals surface area (Å²) < 4.78 is 12.8. The maximum atomic E-state index is 12.8. The van der Waals surface area contributed by atoms with Gasteiger partial charge in [-0.3, -0.25) is 0 Å². The molecular weight excluding hydrogens is 203 g/mol. The Balaban J connectivity index is 2.02. The van der Waals surface area contributed by atoms with E-state index in [0.29, 0.717) is 0 Å². The topological polar surface area (TPSA) is 15.3 Å². The first-order valence-electron chi connectivity index (χ1n) is 5.52. The molecule has 16 heavy (non-hydrogen) atoms. The van der Waals surface area contributed by atoms with Gasteiger partial charge in [-0.25, -0.2) is 4.39 Å². The van der Waals surface area contributed by atoms with Crippen molar-refractivity contribution in [3.63, 3.8) is 0 Å². The van der Waals surface area contributed by atoms with Gasteiger partial charge in [0.25, 0.3) is 0 Å². The third-order valence-electron chi connectivity index (χ3n) is 3.02. The average molecular weight is 220 g/mol. The number of benzene rings is 1. The lowest BCUT2D eigenvalue weighted by molar-refractivity contribution is 0.627. The normalized spacial score (nSPS) is 14.6. The number of hydrogen-bond acceptors (Lipinski definition) is 2. The van der Waals surface area contributed by atoms with Crippen LogP contribution in [0.1, 0.15) is 6.92 Å². The van der Waals surface area contributed by atoms with Crippen LogP contribution in [0.5, 0.6) is 0 Å². The van der Waals surface area contributed by atoms with E-state index in [1.165, 1.54) is 23.3 Å². The van der Waals surface area contributed by atoms with Crippen LogP contribution in [0.2, 0.25) is 0 Å². The van der Waals surface area contributed by atoms with Gasteiger partial charge in [-0.1, -0.05) is 5.57 Å². The van der Waals surface area contributed by atoms with Gasteiger partial charge in [0.2, 0.25) is 0 Å². The molecule has 0 aliphatic carbocycles. The van der Waals surface area contributed by atoms with Gasteiger partial charge in [0.15, 0.2) is 0 Å². The van der Waals surface area contributed by atoms with E-state index >= 15 is 0 Å². The summed E-state index contributed by atoms with van der Waals surface area (Å²) in [5, 5.41) is 3.24. The molecule has 0 spiro atoms. The highest BCUT2D eigenvalue weighted by atomic mass is 19.1. The second-order valence-corrected chi connectivity index (χ2v) is 4.32. The van der Waals surface area contributed by atoms with Gasteiger partial charge in [-0.15, -0.1) is 0 Å². The molecule has 86 valence electrons. The van der Waals surface area contributed by atoms with Crippen molar-refractivity contribution in [2.24, 2.45) is 0 Å². The average Bonchev–Trinajstić information content (AvgIpc) is 2.15. The number of rotatable bonds is 3. The van der Waals surface area contributed by atoms with Crippen LogP contribution < -0.4 is 10.2 Å². The predicted molar refractivity (Wildman–Crippen MR) is 65.2 cm³/mol. The smallest absolute Gasteiger partial charge is 0.123 e. The fourth-order valence-corrected chi connectivity index (χ4v) is 1.81. The van der Waals surface area contributed by atoms with Gasteiger partial charge in [0, 0.05) is 32.4 Å². The second kappa shape index (κ2) is 4.66. The lowest BCUT2D eigenvalue weighted by atomic mass is 10.0. The van der Waals surface area contributed by atoms with E-state index in [9.17, 15) is 4.39 Å². The van der Waals surface area contributed by atoms with Crippen LogP contribution >= 0.6 is 0 Å². The number of nitrogens with zero attached hydrogens (tertiary/aromatic N) is 1. The Labute approximate surface area is 95.8 Å². The monoisotopic (exact) mass is 220 g/mol. The van der Waals surface area contributed by atoms with E-state index in [1.54, 1.807) is 0 Å². The molecule has 0 bridgehead atoms. The minimum absolute atomic E-state index is 0.185. The van der Waals surface area contributed by atoms with Crippen molar-refractivity contribution in [1.82, 2.24) is 5.32 Å². The SMILES string of the molecule is CC(CN(C)c1ccc(F)cc1)=C1CNC1. The van der Waals surface area contributed by atoms with Crippen LogP contribution in [0.25, 0.3) is 0 Å². The Morgan fingerprint density at radius 2 is 1.94 bits per heavy atom. The third-order valence-corrected chi connectivity index (χ3v) is 3.02. The minimum Gasteiger partial charge on any atom is -0.371 e. The first-order chi connectivity index (χ1) is 7.66. The van der Waals surface area contributed by atoms with E-state index in [2.05, 4.69) is 17.1 Å². The van der Waals surface area contributed by atoms with Gasteiger partial charge < -0.3 is 10.2 Å². The fourth-order valence-electron chi connectivity index (χ4n) is 1.81. The standard InChI is InChI=1S/C13H17FN2/c1-10(11-7-15-8-11)9-16(2)13-5-3-12(14)4-6-13/h3-6,15H,7-9H2,1-2H3. The molecule has 1 heterocycles. The Bertz CT molecular complexity index is 389. The summed E-state index contributed by atoms with van der Waals surface area (Å²) >= 11 is 0. The predicted octanol–water partition coefficient (Wildman–Crippen LogP) is 2.18. The van der Waals surface area contributed by atoms with Gasteiger partial charge in [-0.2, -0.15) is 0 Å². The van der Waals surface area contributed by atoms with Crippen molar-refractivity contribution < 1.29 is 4.39 Å². The van der Waals surface area contributed by atoms with Crippen molar-refractivity contribution >= 4 is 5.69 Å². The van der Waals surface area contributed by atoms with Crippen LogP contribution in [0.4, 0.5) is 10.1 Å². The molecule has 1 fully saturated rings. The van der Waals surface area contributed by atoms with Crippen molar-refractivity contribution in [2.75, 3.05) is 31.6 Å². The first-order valence-corrected chi connectivity index (χ1v) is 5.52. The van der Waals surface area contributed by atoms with Crippen molar-refractivity contribution in [1.29, 1.82) is 0 Å². The Kier molecular flexibility index (Phi) is 3.25. The highest BCUT2D eigenvalue weighted by Gasteiger charge is 2.12. The first kappa shape index (κ1) is 11.1. The molecule has 0 unspecified atom stereocenters. The maximum Gasteiger partial charge on any atom is 0.123 e. The number of halogens is 1. The zero-order valence-corrected chi connectivity index (χ0v) is 9.76. The van der Waals surface area contributed by atoms with Crippen molar-refractivity contribution in [3.05, 3.63) is 41.2 Å². The summed E-state index contributed by atoms with van der Waals surface area (Å²) in [5.74, 6) is -0.185. The third kappa shape index (κ3) is 2.42. The van der Waals surface area contributed by atoms with Crippen LogP contribution in [-0.4, -0.2) is 26.7 Å². The molecule has 2 nitrogen and oxygen atoms in total. The van der Waals surface area contributed by atoms with Gasteiger partial charge in [-0.05, 0) is 36.8 Å². The quantitative estimate of drug-likeness (QED) is 0.785. The highest BCUT2D eigenvalue weighted by Crippen LogP contribution is 2.16. The summed E-state index contributed by atoms with van der Waals surface area (Å²) in [6, 6.07) is 6.62. The van der Waals surface area contributed by atoms with E-state index < -0.39 is 0 Å². The maximum absolute atomic E-state index is 12.8. The van der Waals surface area contributed by atoms with Crippen LogP contribution in [0, 0.1) is 5.82 Å². The van der Waals surface area contributed by atoms with Crippen molar-refractivity contribution in [2.45, 2.75) is 6.92 Å². The minimum atomic E-state index is -0.185. The fraction of sp³-hybridized carbons (Fsp3) is 0.385.